The quantitative estimate of drug-likeness (QED) is 0.883. The summed E-state index contributed by atoms with van der Waals surface area (Å²) in [6.07, 6.45) is 5.84. The first-order valence-electron chi connectivity index (χ1n) is 8.51. The van der Waals surface area contributed by atoms with Crippen molar-refractivity contribution in [2.45, 2.75) is 57.9 Å². The van der Waals surface area contributed by atoms with Gasteiger partial charge in [-0.2, -0.15) is 0 Å². The maximum absolute atomic E-state index is 11.1. The summed E-state index contributed by atoms with van der Waals surface area (Å²) in [6, 6.07) is 9.03. The van der Waals surface area contributed by atoms with Crippen molar-refractivity contribution in [2.24, 2.45) is 11.3 Å². The fraction of sp³-hybridized carbons (Fsp3) is 0.632. The van der Waals surface area contributed by atoms with E-state index in [1.54, 1.807) is 0 Å². The summed E-state index contributed by atoms with van der Waals surface area (Å²) in [7, 11) is 0. The van der Waals surface area contributed by atoms with E-state index < -0.39 is 5.97 Å². The van der Waals surface area contributed by atoms with Crippen LogP contribution in [0.4, 0.5) is 0 Å². The molecule has 0 amide bonds. The van der Waals surface area contributed by atoms with Crippen molar-refractivity contribution in [3.63, 3.8) is 0 Å². The van der Waals surface area contributed by atoms with Crippen LogP contribution in [0, 0.1) is 11.3 Å². The van der Waals surface area contributed by atoms with Crippen molar-refractivity contribution in [2.75, 3.05) is 6.54 Å². The molecule has 2 aliphatic rings. The van der Waals surface area contributed by atoms with E-state index in [4.69, 9.17) is 5.11 Å². The summed E-state index contributed by atoms with van der Waals surface area (Å²) in [5.74, 6) is -0.255. The standard InChI is InChI=1S/C19H27NO2/c1-19(2)8-6-13(7-9-19)14-4-3-5-15(10-14)17-11-16(12-20-17)18(21)22/h3-5,10,13,16-17,20H,6-9,11-12H2,1-2H3,(H,21,22). The van der Waals surface area contributed by atoms with E-state index in [1.807, 2.05) is 0 Å². The Balaban J connectivity index is 1.70. The Labute approximate surface area is 133 Å². The highest BCUT2D eigenvalue weighted by atomic mass is 16.4. The normalized spacial score (nSPS) is 28.6. The minimum absolute atomic E-state index is 0.195. The molecule has 1 heterocycles. The number of aliphatic carboxylic acids is 1. The summed E-state index contributed by atoms with van der Waals surface area (Å²) in [5, 5.41) is 12.5. The number of carboxylic acids is 1. The largest absolute Gasteiger partial charge is 0.481 e. The van der Waals surface area contributed by atoms with E-state index >= 15 is 0 Å². The van der Waals surface area contributed by atoms with Crippen LogP contribution >= 0.6 is 0 Å². The van der Waals surface area contributed by atoms with E-state index in [0.717, 1.165) is 0 Å². The number of hydrogen-bond acceptors (Lipinski definition) is 2. The average Bonchev–Trinajstić information content (AvgIpc) is 2.97. The smallest absolute Gasteiger partial charge is 0.307 e. The Morgan fingerprint density at radius 2 is 1.91 bits per heavy atom. The third-order valence-corrected chi connectivity index (χ3v) is 5.60. The van der Waals surface area contributed by atoms with Gasteiger partial charge in [-0.15, -0.1) is 0 Å². The number of benzene rings is 1. The van der Waals surface area contributed by atoms with Gasteiger partial charge in [0, 0.05) is 12.6 Å². The molecule has 1 saturated heterocycles. The molecule has 0 aromatic heterocycles. The van der Waals surface area contributed by atoms with Crippen molar-refractivity contribution < 1.29 is 9.90 Å². The molecule has 1 saturated carbocycles. The van der Waals surface area contributed by atoms with Crippen molar-refractivity contribution in [3.05, 3.63) is 35.4 Å². The summed E-state index contributed by atoms with van der Waals surface area (Å²) < 4.78 is 0. The van der Waals surface area contributed by atoms with Gasteiger partial charge in [-0.05, 0) is 54.6 Å². The van der Waals surface area contributed by atoms with Gasteiger partial charge in [0.05, 0.1) is 5.92 Å². The zero-order valence-electron chi connectivity index (χ0n) is 13.6. The van der Waals surface area contributed by atoms with Gasteiger partial charge >= 0.3 is 5.97 Å². The van der Waals surface area contributed by atoms with E-state index in [2.05, 4.69) is 43.4 Å². The van der Waals surface area contributed by atoms with Crippen molar-refractivity contribution in [3.8, 4) is 0 Å². The number of hydrogen-bond donors (Lipinski definition) is 2. The molecule has 3 rings (SSSR count). The van der Waals surface area contributed by atoms with Gasteiger partial charge < -0.3 is 10.4 Å². The van der Waals surface area contributed by atoms with Crippen LogP contribution in [0.5, 0.6) is 0 Å². The summed E-state index contributed by atoms with van der Waals surface area (Å²) in [6.45, 7) is 5.32. The van der Waals surface area contributed by atoms with Crippen molar-refractivity contribution >= 4 is 5.97 Å². The number of rotatable bonds is 3. The minimum atomic E-state index is -0.680. The predicted octanol–water partition coefficient (Wildman–Crippen LogP) is 4.11. The second-order valence-electron chi connectivity index (χ2n) is 7.84. The molecule has 22 heavy (non-hydrogen) atoms. The molecule has 3 heteroatoms. The maximum Gasteiger partial charge on any atom is 0.307 e. The first-order valence-corrected chi connectivity index (χ1v) is 8.51. The predicted molar refractivity (Wildman–Crippen MR) is 87.9 cm³/mol. The SMILES string of the molecule is CC1(C)CCC(c2cccc(C3CC(C(=O)O)CN3)c2)CC1. The molecule has 2 N–H and O–H groups in total. The van der Waals surface area contributed by atoms with Crippen LogP contribution in [-0.2, 0) is 4.79 Å². The summed E-state index contributed by atoms with van der Waals surface area (Å²) in [5.41, 5.74) is 3.19. The molecular weight excluding hydrogens is 274 g/mol. The molecule has 2 unspecified atom stereocenters. The lowest BCUT2D eigenvalue weighted by molar-refractivity contribution is -0.141. The van der Waals surface area contributed by atoms with Crippen molar-refractivity contribution in [1.82, 2.24) is 5.32 Å². The summed E-state index contributed by atoms with van der Waals surface area (Å²) >= 11 is 0. The van der Waals surface area contributed by atoms with Gasteiger partial charge in [0.15, 0.2) is 0 Å². The van der Waals surface area contributed by atoms with E-state index in [1.165, 1.54) is 36.8 Å². The van der Waals surface area contributed by atoms with Gasteiger partial charge in [-0.25, -0.2) is 0 Å². The first-order chi connectivity index (χ1) is 10.4. The van der Waals surface area contributed by atoms with Gasteiger partial charge in [0.2, 0.25) is 0 Å². The lowest BCUT2D eigenvalue weighted by Gasteiger charge is -2.34. The highest BCUT2D eigenvalue weighted by Crippen LogP contribution is 2.42. The van der Waals surface area contributed by atoms with Gasteiger partial charge in [0.1, 0.15) is 0 Å². The molecule has 2 fully saturated rings. The van der Waals surface area contributed by atoms with E-state index in [0.29, 0.717) is 24.3 Å². The van der Waals surface area contributed by atoms with Crippen LogP contribution in [-0.4, -0.2) is 17.6 Å². The topological polar surface area (TPSA) is 49.3 Å². The molecule has 1 aliphatic carbocycles. The van der Waals surface area contributed by atoms with Crippen LogP contribution in [0.2, 0.25) is 0 Å². The minimum Gasteiger partial charge on any atom is -0.481 e. The first kappa shape index (κ1) is 15.5. The second-order valence-corrected chi connectivity index (χ2v) is 7.84. The number of nitrogens with one attached hydrogen (secondary N) is 1. The van der Waals surface area contributed by atoms with Gasteiger partial charge in [-0.1, -0.05) is 38.1 Å². The second kappa shape index (κ2) is 6.04. The van der Waals surface area contributed by atoms with Crippen LogP contribution in [0.1, 0.15) is 69.0 Å². The Hall–Kier alpha value is -1.35. The number of carboxylic acid groups (broad SMARTS) is 1. The molecule has 0 spiro atoms. The Kier molecular flexibility index (Phi) is 4.26. The lowest BCUT2D eigenvalue weighted by Crippen LogP contribution is -2.20. The lowest BCUT2D eigenvalue weighted by atomic mass is 9.71. The fourth-order valence-corrected chi connectivity index (χ4v) is 3.94. The molecule has 1 aliphatic heterocycles. The molecule has 1 aromatic rings. The highest BCUT2D eigenvalue weighted by Gasteiger charge is 2.31. The third-order valence-electron chi connectivity index (χ3n) is 5.60. The van der Waals surface area contributed by atoms with Crippen LogP contribution in [0.15, 0.2) is 24.3 Å². The Bertz CT molecular complexity index is 542. The van der Waals surface area contributed by atoms with Crippen molar-refractivity contribution in [1.29, 1.82) is 0 Å². The van der Waals surface area contributed by atoms with Gasteiger partial charge in [-0.3, -0.25) is 4.79 Å². The zero-order valence-corrected chi connectivity index (χ0v) is 13.6. The maximum atomic E-state index is 11.1. The van der Waals surface area contributed by atoms with E-state index in [-0.39, 0.29) is 12.0 Å². The summed E-state index contributed by atoms with van der Waals surface area (Å²) in [4.78, 5) is 11.1. The van der Waals surface area contributed by atoms with Crippen LogP contribution in [0.25, 0.3) is 0 Å². The highest BCUT2D eigenvalue weighted by molar-refractivity contribution is 5.70. The monoisotopic (exact) mass is 301 g/mol. The Morgan fingerprint density at radius 3 is 2.55 bits per heavy atom. The average molecular weight is 301 g/mol. The molecule has 3 nitrogen and oxygen atoms in total. The third kappa shape index (κ3) is 3.35. The fourth-order valence-electron chi connectivity index (χ4n) is 3.94. The molecule has 0 bridgehead atoms. The molecular formula is C19H27NO2. The number of carbonyl (C=O) groups is 1. The molecule has 1 aromatic carbocycles. The van der Waals surface area contributed by atoms with Crippen LogP contribution < -0.4 is 5.32 Å². The molecule has 2 atom stereocenters. The Morgan fingerprint density at radius 1 is 1.23 bits per heavy atom. The van der Waals surface area contributed by atoms with Crippen LogP contribution in [0.3, 0.4) is 0 Å². The van der Waals surface area contributed by atoms with Gasteiger partial charge in [0.25, 0.3) is 0 Å². The molecule has 0 radical (unpaired) electrons. The zero-order chi connectivity index (χ0) is 15.7. The molecule has 120 valence electrons. The van der Waals surface area contributed by atoms with E-state index in [9.17, 15) is 4.79 Å².